The Morgan fingerprint density at radius 1 is 0.944 bits per heavy atom. The van der Waals surface area contributed by atoms with Crippen molar-refractivity contribution in [3.05, 3.63) is 83.0 Å². The number of fused-ring (bicyclic) bond motifs is 1. The van der Waals surface area contributed by atoms with E-state index in [1.165, 1.54) is 49.1 Å². The molecule has 36 heavy (non-hydrogen) atoms. The first kappa shape index (κ1) is 24.8. The molecule has 1 heterocycles. The highest BCUT2D eigenvalue weighted by molar-refractivity contribution is 6.04. The van der Waals surface area contributed by atoms with E-state index in [1.807, 2.05) is 24.3 Å². The van der Waals surface area contributed by atoms with Crippen molar-refractivity contribution in [2.24, 2.45) is 5.92 Å². The van der Waals surface area contributed by atoms with E-state index < -0.39 is 0 Å². The zero-order valence-corrected chi connectivity index (χ0v) is 21.7. The number of piperidine rings is 1. The average Bonchev–Trinajstić information content (AvgIpc) is 3.13. The minimum atomic E-state index is 0.0577. The second kappa shape index (κ2) is 11.9. The number of nitrogens with one attached hydrogen (secondary N) is 1. The Kier molecular flexibility index (Phi) is 8.22. The molecule has 2 unspecified atom stereocenters. The molecule has 2 aromatic carbocycles. The lowest BCUT2D eigenvalue weighted by Gasteiger charge is -2.26. The molecule has 0 radical (unpaired) electrons. The van der Waals surface area contributed by atoms with Crippen molar-refractivity contribution in [3.63, 3.8) is 0 Å². The first-order chi connectivity index (χ1) is 17.7. The molecule has 190 valence electrons. The standard InChI is InChI=1S/C32H40N2O2/c1-24-11-13-25(14-12-24)26-15-16-27-7-5-10-31(30(27)18-17-26)32(35)33-28-8-6-9-29(23-28)36-22-21-34-19-3-2-4-20-34/h6,8-9,11-16,23,26-27H,2-5,7,10,17-22H2,1H3,(H,33,35). The van der Waals surface area contributed by atoms with E-state index in [4.69, 9.17) is 4.74 Å². The molecule has 4 nitrogen and oxygen atoms in total. The highest BCUT2D eigenvalue weighted by Gasteiger charge is 2.28. The number of benzene rings is 2. The molecular formula is C32H40N2O2. The van der Waals surface area contributed by atoms with Gasteiger partial charge in [0.05, 0.1) is 0 Å². The van der Waals surface area contributed by atoms with Crippen LogP contribution < -0.4 is 10.1 Å². The Morgan fingerprint density at radius 2 is 1.75 bits per heavy atom. The molecule has 3 aliphatic rings. The van der Waals surface area contributed by atoms with Crippen LogP contribution in [0.5, 0.6) is 5.75 Å². The number of likely N-dealkylation sites (tertiary alicyclic amines) is 1. The van der Waals surface area contributed by atoms with Gasteiger partial charge in [0.2, 0.25) is 0 Å². The second-order valence-electron chi connectivity index (χ2n) is 10.7. The molecule has 5 rings (SSSR count). The molecule has 0 bridgehead atoms. The molecular weight excluding hydrogens is 444 g/mol. The van der Waals surface area contributed by atoms with E-state index in [0.717, 1.165) is 55.7 Å². The molecule has 1 N–H and O–H groups in total. The fourth-order valence-corrected chi connectivity index (χ4v) is 5.98. The van der Waals surface area contributed by atoms with Gasteiger partial charge < -0.3 is 10.1 Å². The summed E-state index contributed by atoms with van der Waals surface area (Å²) >= 11 is 0. The molecule has 2 atom stereocenters. The van der Waals surface area contributed by atoms with E-state index >= 15 is 0 Å². The summed E-state index contributed by atoms with van der Waals surface area (Å²) in [5.41, 5.74) is 5.82. The topological polar surface area (TPSA) is 41.6 Å². The van der Waals surface area contributed by atoms with Crippen LogP contribution in [0.4, 0.5) is 5.69 Å². The quantitative estimate of drug-likeness (QED) is 0.429. The lowest BCUT2D eigenvalue weighted by atomic mass is 9.80. The first-order valence-electron chi connectivity index (χ1n) is 13.9. The lowest BCUT2D eigenvalue weighted by molar-refractivity contribution is -0.113. The van der Waals surface area contributed by atoms with Crippen molar-refractivity contribution >= 4 is 11.6 Å². The van der Waals surface area contributed by atoms with Gasteiger partial charge in [-0.1, -0.05) is 60.0 Å². The van der Waals surface area contributed by atoms with Gasteiger partial charge in [-0.3, -0.25) is 9.69 Å². The SMILES string of the molecule is Cc1ccc(C2C=CC3CCCC(C(=O)Nc4cccc(OCCN5CCCCC5)c4)=C3CC2)cc1. The fourth-order valence-electron chi connectivity index (χ4n) is 5.98. The zero-order chi connectivity index (χ0) is 24.7. The summed E-state index contributed by atoms with van der Waals surface area (Å²) in [6, 6.07) is 16.8. The molecule has 0 spiro atoms. The predicted octanol–water partition coefficient (Wildman–Crippen LogP) is 7.03. The minimum absolute atomic E-state index is 0.0577. The van der Waals surface area contributed by atoms with E-state index in [2.05, 4.69) is 53.6 Å². The van der Waals surface area contributed by atoms with Crippen LogP contribution in [0.25, 0.3) is 0 Å². The number of nitrogens with zero attached hydrogens (tertiary/aromatic N) is 1. The summed E-state index contributed by atoms with van der Waals surface area (Å²) in [5.74, 6) is 1.69. The summed E-state index contributed by atoms with van der Waals surface area (Å²) in [7, 11) is 0. The smallest absolute Gasteiger partial charge is 0.251 e. The monoisotopic (exact) mass is 484 g/mol. The second-order valence-corrected chi connectivity index (χ2v) is 10.7. The minimum Gasteiger partial charge on any atom is -0.492 e. The number of anilines is 1. The molecule has 0 aromatic heterocycles. The average molecular weight is 485 g/mol. The van der Waals surface area contributed by atoms with Crippen molar-refractivity contribution in [1.29, 1.82) is 0 Å². The Labute approximate surface area is 216 Å². The van der Waals surface area contributed by atoms with Crippen LogP contribution in [0.2, 0.25) is 0 Å². The van der Waals surface area contributed by atoms with Crippen LogP contribution in [0.15, 0.2) is 71.8 Å². The van der Waals surface area contributed by atoms with Crippen molar-refractivity contribution in [2.75, 3.05) is 31.6 Å². The zero-order valence-electron chi connectivity index (χ0n) is 21.7. The van der Waals surface area contributed by atoms with Crippen LogP contribution >= 0.6 is 0 Å². The third-order valence-corrected chi connectivity index (χ3v) is 8.07. The van der Waals surface area contributed by atoms with Crippen LogP contribution in [0.1, 0.15) is 68.4 Å². The van der Waals surface area contributed by atoms with E-state index in [9.17, 15) is 4.79 Å². The molecule has 2 aromatic rings. The number of carbonyl (C=O) groups excluding carboxylic acids is 1. The number of ether oxygens (including phenoxy) is 1. The maximum absolute atomic E-state index is 13.4. The summed E-state index contributed by atoms with van der Waals surface area (Å²) in [5, 5.41) is 3.18. The highest BCUT2D eigenvalue weighted by Crippen LogP contribution is 2.40. The van der Waals surface area contributed by atoms with Crippen LogP contribution in [0.3, 0.4) is 0 Å². The Balaban J connectivity index is 1.22. The maximum Gasteiger partial charge on any atom is 0.251 e. The van der Waals surface area contributed by atoms with Crippen LogP contribution in [0, 0.1) is 12.8 Å². The van der Waals surface area contributed by atoms with Gasteiger partial charge in [-0.05, 0) is 88.6 Å². The fraction of sp³-hybridized carbons (Fsp3) is 0.469. The van der Waals surface area contributed by atoms with E-state index in [0.29, 0.717) is 18.4 Å². The number of rotatable bonds is 7. The maximum atomic E-state index is 13.4. The van der Waals surface area contributed by atoms with Gasteiger partial charge in [0, 0.05) is 29.8 Å². The van der Waals surface area contributed by atoms with Crippen LogP contribution in [-0.2, 0) is 4.79 Å². The molecule has 1 saturated heterocycles. The Bertz CT molecular complexity index is 1100. The highest BCUT2D eigenvalue weighted by atomic mass is 16.5. The third-order valence-electron chi connectivity index (χ3n) is 8.07. The number of carbonyl (C=O) groups is 1. The molecule has 4 heteroatoms. The summed E-state index contributed by atoms with van der Waals surface area (Å²) in [6.07, 6.45) is 13.8. The lowest BCUT2D eigenvalue weighted by Crippen LogP contribution is -2.33. The largest absolute Gasteiger partial charge is 0.492 e. The Morgan fingerprint density at radius 3 is 2.58 bits per heavy atom. The summed E-state index contributed by atoms with van der Waals surface area (Å²) < 4.78 is 6.03. The molecule has 1 aliphatic heterocycles. The van der Waals surface area contributed by atoms with Gasteiger partial charge in [-0.25, -0.2) is 0 Å². The summed E-state index contributed by atoms with van der Waals surface area (Å²) in [6.45, 7) is 6.14. The predicted molar refractivity (Wildman–Crippen MR) is 148 cm³/mol. The van der Waals surface area contributed by atoms with Crippen LogP contribution in [-0.4, -0.2) is 37.0 Å². The van der Waals surface area contributed by atoms with Crippen molar-refractivity contribution in [2.45, 2.75) is 64.2 Å². The first-order valence-corrected chi connectivity index (χ1v) is 13.9. The number of amides is 1. The van der Waals surface area contributed by atoms with Gasteiger partial charge in [0.25, 0.3) is 5.91 Å². The molecule has 0 saturated carbocycles. The number of hydrogen-bond donors (Lipinski definition) is 1. The Hall–Kier alpha value is -2.85. The molecule has 1 fully saturated rings. The normalized spacial score (nSPS) is 22.6. The van der Waals surface area contributed by atoms with Gasteiger partial charge in [0.15, 0.2) is 0 Å². The van der Waals surface area contributed by atoms with Crippen molar-refractivity contribution in [3.8, 4) is 5.75 Å². The van der Waals surface area contributed by atoms with E-state index in [1.54, 1.807) is 0 Å². The molecule has 1 amide bonds. The van der Waals surface area contributed by atoms with Crippen molar-refractivity contribution < 1.29 is 9.53 Å². The third kappa shape index (κ3) is 6.28. The number of hydrogen-bond acceptors (Lipinski definition) is 3. The van der Waals surface area contributed by atoms with E-state index in [-0.39, 0.29) is 5.91 Å². The number of allylic oxidation sites excluding steroid dienone is 3. The number of aryl methyl sites for hydroxylation is 1. The summed E-state index contributed by atoms with van der Waals surface area (Å²) in [4.78, 5) is 15.9. The van der Waals surface area contributed by atoms with Gasteiger partial charge >= 0.3 is 0 Å². The molecule has 2 aliphatic carbocycles. The van der Waals surface area contributed by atoms with Gasteiger partial charge in [-0.2, -0.15) is 0 Å². The van der Waals surface area contributed by atoms with Gasteiger partial charge in [-0.15, -0.1) is 0 Å². The van der Waals surface area contributed by atoms with Crippen molar-refractivity contribution in [1.82, 2.24) is 4.90 Å². The van der Waals surface area contributed by atoms with Gasteiger partial charge in [0.1, 0.15) is 12.4 Å².